The number of carbonyl (C=O) groups is 2. The third-order valence-electron chi connectivity index (χ3n) is 10.3. The Morgan fingerprint density at radius 1 is 0.894 bits per heavy atom. The first-order valence-electron chi connectivity index (χ1n) is 16.4. The van der Waals surface area contributed by atoms with Crippen molar-refractivity contribution in [1.82, 2.24) is 20.1 Å². The van der Waals surface area contributed by atoms with Crippen molar-refractivity contribution >= 4 is 23.1 Å². The highest BCUT2D eigenvalue weighted by molar-refractivity contribution is 5.95. The normalized spacial score (nSPS) is 21.0. The zero-order chi connectivity index (χ0) is 32.9. The van der Waals surface area contributed by atoms with Gasteiger partial charge in [-0.25, -0.2) is 13.2 Å². The number of carbonyl (C=O) groups excluding carboxylic acids is 2. The number of amides is 2. The van der Waals surface area contributed by atoms with Crippen molar-refractivity contribution < 1.29 is 22.8 Å². The molecule has 10 heteroatoms. The highest BCUT2D eigenvalue weighted by Crippen LogP contribution is 2.54. The van der Waals surface area contributed by atoms with Gasteiger partial charge in [-0.3, -0.25) is 14.6 Å². The zero-order valence-corrected chi connectivity index (χ0v) is 26.8. The van der Waals surface area contributed by atoms with Crippen molar-refractivity contribution in [2.75, 3.05) is 51.2 Å². The van der Waals surface area contributed by atoms with E-state index in [-0.39, 0.29) is 36.5 Å². The molecule has 2 aliphatic heterocycles. The molecule has 4 fully saturated rings. The maximum atomic E-state index is 13.8. The van der Waals surface area contributed by atoms with E-state index in [1.54, 1.807) is 17.2 Å². The van der Waals surface area contributed by atoms with Gasteiger partial charge >= 0.3 is 0 Å². The van der Waals surface area contributed by atoms with Crippen LogP contribution >= 0.6 is 0 Å². The Kier molecular flexibility index (Phi) is 8.10. The van der Waals surface area contributed by atoms with E-state index in [2.05, 4.69) is 39.3 Å². The van der Waals surface area contributed by atoms with Gasteiger partial charge in [0.05, 0.1) is 23.5 Å². The molecule has 3 heterocycles. The number of allylic oxidation sites excluding steroid dienone is 1. The van der Waals surface area contributed by atoms with Crippen LogP contribution in [0.5, 0.6) is 0 Å². The number of benzene rings is 2. The molecule has 2 saturated heterocycles. The van der Waals surface area contributed by atoms with Gasteiger partial charge in [-0.05, 0) is 67.3 Å². The molecule has 2 saturated carbocycles. The second kappa shape index (κ2) is 12.1. The average molecular weight is 644 g/mol. The van der Waals surface area contributed by atoms with Crippen LogP contribution in [-0.2, 0) is 4.79 Å². The van der Waals surface area contributed by atoms with Gasteiger partial charge in [-0.1, -0.05) is 42.0 Å². The second-order valence-corrected chi connectivity index (χ2v) is 14.0. The van der Waals surface area contributed by atoms with Gasteiger partial charge < -0.3 is 20.0 Å². The van der Waals surface area contributed by atoms with Crippen LogP contribution in [0.4, 0.5) is 18.9 Å². The molecular formula is C37H40F3N5O2. The standard InChI is InChI=1S/C37H40F3N5O2/c1-24(25-3-5-26(6-4-25)33(27-7-9-31(38)10-8-27)29-16-36(17-29)22-43(2)23-36)42-34(46)28-15-32(21-41-20-28)44-11-13-45(14-12-44)35(47)30-18-37(39,40)19-30/h3-10,15,20-21,24,30H,11-14,16-19,22-23H2,1-2H3,(H,42,46)/t24-/m1/s1. The lowest BCUT2D eigenvalue weighted by atomic mass is 9.59. The largest absolute Gasteiger partial charge is 0.367 e. The van der Waals surface area contributed by atoms with Gasteiger partial charge in [-0.15, -0.1) is 0 Å². The molecule has 4 aliphatic rings. The number of anilines is 1. The number of nitrogens with one attached hydrogen (secondary N) is 1. The summed E-state index contributed by atoms with van der Waals surface area (Å²) in [6.45, 7) is 6.15. The average Bonchev–Trinajstić information content (AvgIpc) is 3.02. The highest BCUT2D eigenvalue weighted by Gasteiger charge is 2.50. The van der Waals surface area contributed by atoms with E-state index < -0.39 is 11.8 Å². The third-order valence-corrected chi connectivity index (χ3v) is 10.3. The van der Waals surface area contributed by atoms with Gasteiger partial charge in [0.15, 0.2) is 0 Å². The summed E-state index contributed by atoms with van der Waals surface area (Å²) in [4.78, 5) is 36.3. The molecule has 7 nitrogen and oxygen atoms in total. The number of hydrogen-bond donors (Lipinski definition) is 1. The van der Waals surface area contributed by atoms with Crippen LogP contribution in [-0.4, -0.2) is 78.8 Å². The molecular weight excluding hydrogens is 603 g/mol. The number of aromatic nitrogens is 1. The van der Waals surface area contributed by atoms with Crippen LogP contribution in [0.1, 0.15) is 65.7 Å². The molecule has 2 aromatic carbocycles. The third kappa shape index (κ3) is 6.40. The van der Waals surface area contributed by atoms with Gasteiger partial charge in [0.2, 0.25) is 11.8 Å². The molecule has 7 rings (SSSR count). The first-order chi connectivity index (χ1) is 22.5. The summed E-state index contributed by atoms with van der Waals surface area (Å²) in [6.07, 6.45) is 4.63. The van der Waals surface area contributed by atoms with Crippen LogP contribution in [0.2, 0.25) is 0 Å². The van der Waals surface area contributed by atoms with Gasteiger partial charge in [0.1, 0.15) is 5.82 Å². The van der Waals surface area contributed by atoms with Gasteiger partial charge in [0.25, 0.3) is 5.91 Å². The Bertz CT molecular complexity index is 1680. The number of alkyl halides is 2. The fourth-order valence-electron chi connectivity index (χ4n) is 7.85. The van der Waals surface area contributed by atoms with E-state index in [1.807, 2.05) is 31.2 Å². The number of piperazine rings is 1. The fourth-order valence-corrected chi connectivity index (χ4v) is 7.85. The Morgan fingerprint density at radius 3 is 2.11 bits per heavy atom. The van der Waals surface area contributed by atoms with Crippen molar-refractivity contribution in [3.63, 3.8) is 0 Å². The summed E-state index contributed by atoms with van der Waals surface area (Å²) in [7, 11) is 2.15. The molecule has 3 aromatic rings. The SMILES string of the molecule is C[C@@H](NC(=O)c1cncc(N2CCN(C(=O)C3CC(F)(F)C3)CC2)c1)c1ccc(C(=C2CC3(C2)CN(C)C3)c2ccc(F)cc2)cc1. The zero-order valence-electron chi connectivity index (χ0n) is 26.8. The van der Waals surface area contributed by atoms with Crippen molar-refractivity contribution in [2.24, 2.45) is 11.3 Å². The number of halogens is 3. The van der Waals surface area contributed by atoms with Crippen LogP contribution < -0.4 is 10.2 Å². The van der Waals surface area contributed by atoms with Crippen LogP contribution in [0.3, 0.4) is 0 Å². The summed E-state index contributed by atoms with van der Waals surface area (Å²) >= 11 is 0. The summed E-state index contributed by atoms with van der Waals surface area (Å²) in [5, 5.41) is 3.09. The Labute approximate surface area is 273 Å². The first kappa shape index (κ1) is 31.4. The van der Waals surface area contributed by atoms with E-state index in [0.29, 0.717) is 37.2 Å². The molecule has 0 unspecified atom stereocenters. The summed E-state index contributed by atoms with van der Waals surface area (Å²) in [5.74, 6) is -3.98. The summed E-state index contributed by atoms with van der Waals surface area (Å²) < 4.78 is 40.3. The van der Waals surface area contributed by atoms with Crippen LogP contribution in [0, 0.1) is 17.2 Å². The predicted molar refractivity (Wildman–Crippen MR) is 175 cm³/mol. The molecule has 0 radical (unpaired) electrons. The summed E-state index contributed by atoms with van der Waals surface area (Å²) in [5.41, 5.74) is 7.24. The van der Waals surface area contributed by atoms with E-state index in [9.17, 15) is 22.8 Å². The minimum atomic E-state index is -2.71. The lowest BCUT2D eigenvalue weighted by Gasteiger charge is -2.56. The van der Waals surface area contributed by atoms with E-state index in [1.165, 1.54) is 29.5 Å². The second-order valence-electron chi connectivity index (χ2n) is 14.0. The number of nitrogens with zero attached hydrogens (tertiary/aromatic N) is 4. The smallest absolute Gasteiger partial charge is 0.253 e. The fraction of sp³-hybridized carbons (Fsp3) is 0.432. The van der Waals surface area contributed by atoms with Crippen molar-refractivity contribution in [3.05, 3.63) is 101 Å². The summed E-state index contributed by atoms with van der Waals surface area (Å²) in [6, 6.07) is 16.5. The van der Waals surface area contributed by atoms with Gasteiger partial charge in [-0.2, -0.15) is 0 Å². The maximum Gasteiger partial charge on any atom is 0.253 e. The Hall–Kier alpha value is -4.18. The van der Waals surface area contributed by atoms with Gasteiger partial charge in [0, 0.05) is 69.6 Å². The molecule has 1 N–H and O–H groups in total. The van der Waals surface area contributed by atoms with E-state index in [4.69, 9.17) is 0 Å². The van der Waals surface area contributed by atoms with Crippen molar-refractivity contribution in [3.8, 4) is 0 Å². The Morgan fingerprint density at radius 2 is 1.51 bits per heavy atom. The van der Waals surface area contributed by atoms with E-state index >= 15 is 0 Å². The Balaban J connectivity index is 0.985. The quantitative estimate of drug-likeness (QED) is 0.346. The molecule has 2 amide bonds. The number of rotatable bonds is 7. The number of likely N-dealkylation sites (tertiary alicyclic amines) is 1. The number of hydrogen-bond acceptors (Lipinski definition) is 5. The van der Waals surface area contributed by atoms with Crippen molar-refractivity contribution in [2.45, 2.75) is 44.6 Å². The minimum absolute atomic E-state index is 0.190. The first-order valence-corrected chi connectivity index (χ1v) is 16.4. The topological polar surface area (TPSA) is 68.8 Å². The maximum absolute atomic E-state index is 13.8. The minimum Gasteiger partial charge on any atom is -0.367 e. The molecule has 1 spiro atoms. The van der Waals surface area contributed by atoms with Crippen molar-refractivity contribution in [1.29, 1.82) is 0 Å². The number of pyridine rings is 1. The van der Waals surface area contributed by atoms with Crippen LogP contribution in [0.15, 0.2) is 72.6 Å². The lowest BCUT2D eigenvalue weighted by molar-refractivity contribution is -0.160. The predicted octanol–water partition coefficient (Wildman–Crippen LogP) is 5.93. The molecule has 0 bridgehead atoms. The molecule has 246 valence electrons. The molecule has 2 aliphatic carbocycles. The van der Waals surface area contributed by atoms with Crippen LogP contribution in [0.25, 0.3) is 5.57 Å². The van der Waals surface area contributed by atoms with E-state index in [0.717, 1.165) is 48.3 Å². The molecule has 1 aromatic heterocycles. The lowest BCUT2D eigenvalue weighted by Crippen LogP contribution is -2.58. The highest BCUT2D eigenvalue weighted by atomic mass is 19.3. The monoisotopic (exact) mass is 643 g/mol. The molecule has 1 atom stereocenters. The molecule has 47 heavy (non-hydrogen) atoms.